The third-order valence-corrected chi connectivity index (χ3v) is 3.03. The van der Waals surface area contributed by atoms with Crippen molar-refractivity contribution in [2.45, 2.75) is 0 Å². The first-order valence-corrected chi connectivity index (χ1v) is 6.48. The lowest BCUT2D eigenvalue weighted by molar-refractivity contribution is -0.402. The molecule has 1 aromatic carbocycles. The zero-order valence-electron chi connectivity index (χ0n) is 11.9. The maximum atomic E-state index is 11.9. The Bertz CT molecular complexity index is 849. The summed E-state index contributed by atoms with van der Waals surface area (Å²) in [7, 11) is 1.49. The van der Waals surface area contributed by atoms with Gasteiger partial charge in [0.1, 0.15) is 16.4 Å². The van der Waals surface area contributed by atoms with Gasteiger partial charge in [0.15, 0.2) is 5.70 Å². The van der Waals surface area contributed by atoms with Crippen LogP contribution in [0.2, 0.25) is 0 Å². The molecule has 1 aliphatic rings. The minimum Gasteiger partial charge on any atom is -0.496 e. The molecular weight excluding hydrogens is 304 g/mol. The van der Waals surface area contributed by atoms with E-state index in [2.05, 4.69) is 4.99 Å². The summed E-state index contributed by atoms with van der Waals surface area (Å²) < 4.78 is 15.3. The van der Waals surface area contributed by atoms with Gasteiger partial charge in [-0.25, -0.2) is 9.79 Å². The second kappa shape index (κ2) is 5.76. The lowest BCUT2D eigenvalue weighted by atomic mass is 10.2. The molecule has 0 saturated carbocycles. The van der Waals surface area contributed by atoms with Gasteiger partial charge in [-0.05, 0) is 18.2 Å². The molecule has 8 heteroatoms. The Morgan fingerprint density at radius 3 is 2.74 bits per heavy atom. The molecule has 1 aromatic heterocycles. The molecule has 0 N–H and O–H groups in total. The Kier molecular flexibility index (Phi) is 3.63. The lowest BCUT2D eigenvalue weighted by Crippen LogP contribution is -2.06. The van der Waals surface area contributed by atoms with Crippen LogP contribution in [0, 0.1) is 10.1 Å². The van der Waals surface area contributed by atoms with Crippen molar-refractivity contribution < 1.29 is 23.6 Å². The topological polar surface area (TPSA) is 104 Å². The third-order valence-electron chi connectivity index (χ3n) is 3.03. The molecule has 116 valence electrons. The van der Waals surface area contributed by atoms with E-state index in [1.165, 1.54) is 25.3 Å². The molecule has 0 radical (unpaired) electrons. The number of benzene rings is 1. The summed E-state index contributed by atoms with van der Waals surface area (Å²) >= 11 is 0. The van der Waals surface area contributed by atoms with Crippen molar-refractivity contribution in [1.82, 2.24) is 0 Å². The number of carbonyl (C=O) groups is 1. The summed E-state index contributed by atoms with van der Waals surface area (Å²) in [5.41, 5.74) is 0.507. The van der Waals surface area contributed by atoms with Crippen LogP contribution in [0.4, 0.5) is 5.88 Å². The largest absolute Gasteiger partial charge is 0.496 e. The number of furan rings is 1. The number of hydrogen-bond acceptors (Lipinski definition) is 7. The van der Waals surface area contributed by atoms with Crippen molar-refractivity contribution in [3.05, 3.63) is 63.5 Å². The quantitative estimate of drug-likeness (QED) is 0.372. The molecule has 0 spiro atoms. The van der Waals surface area contributed by atoms with Gasteiger partial charge in [0.25, 0.3) is 0 Å². The number of nitro groups is 1. The average molecular weight is 314 g/mol. The van der Waals surface area contributed by atoms with Crippen LogP contribution in [0.25, 0.3) is 6.08 Å². The predicted molar refractivity (Wildman–Crippen MR) is 79.0 cm³/mol. The molecule has 0 fully saturated rings. The van der Waals surface area contributed by atoms with Crippen LogP contribution >= 0.6 is 0 Å². The van der Waals surface area contributed by atoms with E-state index in [9.17, 15) is 14.9 Å². The van der Waals surface area contributed by atoms with Crippen molar-refractivity contribution in [2.75, 3.05) is 7.11 Å². The van der Waals surface area contributed by atoms with Gasteiger partial charge in [0.05, 0.1) is 18.7 Å². The second-order valence-corrected chi connectivity index (χ2v) is 4.47. The average Bonchev–Trinajstić information content (AvgIpc) is 3.15. The van der Waals surface area contributed by atoms with Gasteiger partial charge in [-0.3, -0.25) is 10.1 Å². The van der Waals surface area contributed by atoms with Gasteiger partial charge in [0.2, 0.25) is 5.90 Å². The molecule has 23 heavy (non-hydrogen) atoms. The van der Waals surface area contributed by atoms with E-state index in [1.807, 2.05) is 0 Å². The van der Waals surface area contributed by atoms with Crippen LogP contribution < -0.4 is 4.74 Å². The SMILES string of the molecule is COc1ccccc1C1=N/C(=C\c2ccc([N+](=O)[O-])o2)C(=O)O1. The Morgan fingerprint density at radius 2 is 2.04 bits per heavy atom. The Morgan fingerprint density at radius 1 is 1.26 bits per heavy atom. The number of rotatable bonds is 4. The zero-order chi connectivity index (χ0) is 16.4. The first-order chi connectivity index (χ1) is 11.1. The van der Waals surface area contributed by atoms with E-state index >= 15 is 0 Å². The summed E-state index contributed by atoms with van der Waals surface area (Å²) in [6, 6.07) is 9.51. The number of ether oxygens (including phenoxy) is 2. The number of nitrogens with zero attached hydrogens (tertiary/aromatic N) is 2. The second-order valence-electron chi connectivity index (χ2n) is 4.47. The van der Waals surface area contributed by atoms with E-state index in [1.54, 1.807) is 24.3 Å². The fourth-order valence-corrected chi connectivity index (χ4v) is 2.00. The van der Waals surface area contributed by atoms with Crippen molar-refractivity contribution in [3.8, 4) is 5.75 Å². The fourth-order valence-electron chi connectivity index (χ4n) is 2.00. The number of cyclic esters (lactones) is 1. The molecule has 0 amide bonds. The molecule has 0 bridgehead atoms. The molecule has 3 rings (SSSR count). The van der Waals surface area contributed by atoms with Crippen LogP contribution in [0.1, 0.15) is 11.3 Å². The highest BCUT2D eigenvalue weighted by Gasteiger charge is 2.26. The normalized spacial score (nSPS) is 15.4. The lowest BCUT2D eigenvalue weighted by Gasteiger charge is -2.05. The Hall–Kier alpha value is -3.42. The van der Waals surface area contributed by atoms with Crippen LogP contribution in [-0.2, 0) is 9.53 Å². The predicted octanol–water partition coefficient (Wildman–Crippen LogP) is 2.54. The number of carbonyl (C=O) groups excluding carboxylic acids is 1. The van der Waals surface area contributed by atoms with Gasteiger partial charge < -0.3 is 13.9 Å². The van der Waals surface area contributed by atoms with Gasteiger partial charge in [-0.15, -0.1) is 0 Å². The van der Waals surface area contributed by atoms with E-state index < -0.39 is 16.8 Å². The monoisotopic (exact) mass is 314 g/mol. The highest BCUT2D eigenvalue weighted by Crippen LogP contribution is 2.26. The third kappa shape index (κ3) is 2.82. The Labute approximate surface area is 129 Å². The first-order valence-electron chi connectivity index (χ1n) is 6.48. The fraction of sp³-hybridized carbons (Fsp3) is 0.0667. The molecule has 2 heterocycles. The summed E-state index contributed by atoms with van der Waals surface area (Å²) in [6.45, 7) is 0. The molecule has 0 unspecified atom stereocenters. The minimum absolute atomic E-state index is 0.0184. The minimum atomic E-state index is -0.676. The number of para-hydroxylation sites is 1. The van der Waals surface area contributed by atoms with Gasteiger partial charge in [0, 0.05) is 6.08 Å². The number of aliphatic imine (C=N–C) groups is 1. The van der Waals surface area contributed by atoms with E-state index in [4.69, 9.17) is 13.9 Å². The number of methoxy groups -OCH3 is 1. The van der Waals surface area contributed by atoms with Crippen LogP contribution in [0.15, 0.2) is 51.5 Å². The summed E-state index contributed by atoms with van der Waals surface area (Å²) in [5, 5.41) is 10.6. The maximum Gasteiger partial charge on any atom is 0.433 e. The summed E-state index contributed by atoms with van der Waals surface area (Å²) in [4.78, 5) is 25.9. The van der Waals surface area contributed by atoms with Crippen LogP contribution in [0.5, 0.6) is 5.75 Å². The smallest absolute Gasteiger partial charge is 0.433 e. The highest BCUT2D eigenvalue weighted by molar-refractivity contribution is 6.13. The molecule has 1 aliphatic heterocycles. The molecule has 2 aromatic rings. The van der Waals surface area contributed by atoms with Gasteiger partial charge in [-0.2, -0.15) is 0 Å². The number of esters is 1. The summed E-state index contributed by atoms with van der Waals surface area (Å²) in [5.74, 6) is -0.357. The Balaban J connectivity index is 1.94. The van der Waals surface area contributed by atoms with Crippen molar-refractivity contribution in [3.63, 3.8) is 0 Å². The number of hydrogen-bond donors (Lipinski definition) is 0. The molecule has 8 nitrogen and oxygen atoms in total. The zero-order valence-corrected chi connectivity index (χ0v) is 11.9. The van der Waals surface area contributed by atoms with Gasteiger partial charge in [-0.1, -0.05) is 12.1 Å². The van der Waals surface area contributed by atoms with Crippen LogP contribution in [-0.4, -0.2) is 23.9 Å². The summed E-state index contributed by atoms with van der Waals surface area (Å²) in [6.07, 6.45) is 1.28. The van der Waals surface area contributed by atoms with Gasteiger partial charge >= 0.3 is 11.9 Å². The first kappa shape index (κ1) is 14.5. The van der Waals surface area contributed by atoms with Crippen molar-refractivity contribution in [2.24, 2.45) is 4.99 Å². The van der Waals surface area contributed by atoms with E-state index in [-0.39, 0.29) is 17.4 Å². The van der Waals surface area contributed by atoms with E-state index in [0.717, 1.165) is 0 Å². The van der Waals surface area contributed by atoms with E-state index in [0.29, 0.717) is 11.3 Å². The van der Waals surface area contributed by atoms with Crippen molar-refractivity contribution in [1.29, 1.82) is 0 Å². The molecular formula is C15H10N2O6. The maximum absolute atomic E-state index is 11.9. The highest BCUT2D eigenvalue weighted by atomic mass is 16.6. The van der Waals surface area contributed by atoms with Crippen molar-refractivity contribution >= 4 is 23.8 Å². The van der Waals surface area contributed by atoms with Crippen LogP contribution in [0.3, 0.4) is 0 Å². The molecule has 0 saturated heterocycles. The molecule has 0 aliphatic carbocycles. The standard InChI is InChI=1S/C15H10N2O6/c1-21-12-5-3-2-4-10(12)14-16-11(15(18)23-14)8-9-6-7-13(22-9)17(19)20/h2-8H,1H3/b11-8-. The molecule has 0 atom stereocenters.